The number of benzene rings is 2. The number of anilines is 1. The highest BCUT2D eigenvalue weighted by molar-refractivity contribution is 6.00. The lowest BCUT2D eigenvalue weighted by Gasteiger charge is -2.22. The summed E-state index contributed by atoms with van der Waals surface area (Å²) in [5.74, 6) is -0.671. The summed E-state index contributed by atoms with van der Waals surface area (Å²) in [5, 5.41) is 2.81. The van der Waals surface area contributed by atoms with Crippen LogP contribution in [0.4, 0.5) is 14.6 Å². The van der Waals surface area contributed by atoms with Gasteiger partial charge in [0.2, 0.25) is 5.91 Å². The minimum atomic E-state index is -3.78. The molecular formula is C28H26F2N2O6. The van der Waals surface area contributed by atoms with E-state index in [0.29, 0.717) is 22.4 Å². The Kier molecular flexibility index (Phi) is 5.81. The molecular weight excluding hydrogens is 498 g/mol. The number of amides is 1. The molecule has 0 aliphatic carbocycles. The van der Waals surface area contributed by atoms with E-state index in [1.807, 2.05) is 13.0 Å². The molecule has 0 radical (unpaired) electrons. The Labute approximate surface area is 217 Å². The van der Waals surface area contributed by atoms with Crippen molar-refractivity contribution in [3.63, 3.8) is 0 Å². The summed E-state index contributed by atoms with van der Waals surface area (Å²) in [4.78, 5) is 30.6. The van der Waals surface area contributed by atoms with E-state index in [0.717, 1.165) is 5.56 Å². The van der Waals surface area contributed by atoms with Gasteiger partial charge < -0.3 is 24.3 Å². The predicted molar refractivity (Wildman–Crippen MR) is 134 cm³/mol. The lowest BCUT2D eigenvalue weighted by atomic mass is 9.83. The maximum absolute atomic E-state index is 13.5. The van der Waals surface area contributed by atoms with Crippen LogP contribution in [0.1, 0.15) is 49.2 Å². The van der Waals surface area contributed by atoms with Crippen molar-refractivity contribution in [2.75, 3.05) is 11.9 Å². The quantitative estimate of drug-likeness (QED) is 0.443. The van der Waals surface area contributed by atoms with Gasteiger partial charge in [0.25, 0.3) is 0 Å². The minimum absolute atomic E-state index is 0.00982. The number of hydrogen-bond acceptors (Lipinski definition) is 7. The van der Waals surface area contributed by atoms with Gasteiger partial charge in [-0.3, -0.25) is 4.79 Å². The first kappa shape index (κ1) is 25.4. The maximum atomic E-state index is 13.5. The predicted octanol–water partition coefficient (Wildman–Crippen LogP) is 5.62. The number of rotatable bonds is 4. The number of nitrogens with one attached hydrogen (secondary N) is 1. The third-order valence-corrected chi connectivity index (χ3v) is 6.22. The number of alkyl halides is 2. The Morgan fingerprint density at radius 3 is 2.45 bits per heavy atom. The van der Waals surface area contributed by atoms with Gasteiger partial charge in [-0.1, -0.05) is 18.2 Å². The first-order chi connectivity index (χ1) is 17.7. The van der Waals surface area contributed by atoms with Crippen molar-refractivity contribution < 1.29 is 37.3 Å². The fourth-order valence-corrected chi connectivity index (χ4v) is 4.29. The van der Waals surface area contributed by atoms with E-state index >= 15 is 0 Å². The molecule has 0 spiro atoms. The summed E-state index contributed by atoms with van der Waals surface area (Å²) in [6.07, 6.45) is -3.78. The van der Waals surface area contributed by atoms with E-state index in [1.54, 1.807) is 58.0 Å². The lowest BCUT2D eigenvalue weighted by Crippen LogP contribution is -2.39. The fourth-order valence-electron chi connectivity index (χ4n) is 4.29. The minimum Gasteiger partial charge on any atom is -0.492 e. The molecule has 10 heteroatoms. The molecule has 2 aliphatic rings. The summed E-state index contributed by atoms with van der Waals surface area (Å²) in [7, 11) is 0. The Morgan fingerprint density at radius 1 is 1.03 bits per heavy atom. The van der Waals surface area contributed by atoms with Crippen molar-refractivity contribution in [2.45, 2.75) is 51.9 Å². The number of carbonyl (C=O) groups excluding carboxylic acids is 2. The number of aryl methyl sites for hydroxylation is 1. The van der Waals surface area contributed by atoms with Crippen LogP contribution in [0.2, 0.25) is 0 Å². The van der Waals surface area contributed by atoms with Crippen LogP contribution in [0.5, 0.6) is 17.2 Å². The van der Waals surface area contributed by atoms with Crippen LogP contribution < -0.4 is 19.5 Å². The van der Waals surface area contributed by atoms with Crippen LogP contribution in [0, 0.1) is 6.92 Å². The molecule has 1 amide bonds. The van der Waals surface area contributed by atoms with E-state index in [4.69, 9.17) is 9.47 Å². The van der Waals surface area contributed by atoms with Gasteiger partial charge in [-0.15, -0.1) is 8.78 Å². The van der Waals surface area contributed by atoms with E-state index in [2.05, 4.69) is 19.8 Å². The zero-order valence-corrected chi connectivity index (χ0v) is 21.5. The second kappa shape index (κ2) is 8.68. The molecule has 5 rings (SSSR count). The van der Waals surface area contributed by atoms with Crippen LogP contribution in [0.25, 0.3) is 11.3 Å². The average Bonchev–Trinajstić information content (AvgIpc) is 3.32. The first-order valence-corrected chi connectivity index (χ1v) is 11.9. The van der Waals surface area contributed by atoms with Crippen molar-refractivity contribution in [1.29, 1.82) is 0 Å². The maximum Gasteiger partial charge on any atom is 0.586 e. The largest absolute Gasteiger partial charge is 0.586 e. The summed E-state index contributed by atoms with van der Waals surface area (Å²) < 4.78 is 47.2. The molecule has 2 aliphatic heterocycles. The molecule has 0 saturated heterocycles. The number of fused-ring (bicyclic) bond motifs is 2. The monoisotopic (exact) mass is 524 g/mol. The molecule has 0 saturated carbocycles. The third-order valence-electron chi connectivity index (χ3n) is 6.22. The number of esters is 1. The van der Waals surface area contributed by atoms with E-state index in [9.17, 15) is 18.4 Å². The van der Waals surface area contributed by atoms with Crippen LogP contribution in [0.15, 0.2) is 48.5 Å². The van der Waals surface area contributed by atoms with Crippen LogP contribution in [-0.2, 0) is 14.9 Å². The van der Waals surface area contributed by atoms with Crippen molar-refractivity contribution in [2.24, 2.45) is 0 Å². The summed E-state index contributed by atoms with van der Waals surface area (Å²) in [6.45, 7) is 8.89. The molecule has 1 aromatic heterocycles. The van der Waals surface area contributed by atoms with Crippen LogP contribution in [0.3, 0.4) is 0 Å². The molecule has 2 aromatic carbocycles. The molecule has 0 unspecified atom stereocenters. The van der Waals surface area contributed by atoms with Crippen molar-refractivity contribution in [3.8, 4) is 28.5 Å². The molecule has 3 aromatic rings. The zero-order valence-electron chi connectivity index (χ0n) is 21.5. The van der Waals surface area contributed by atoms with Crippen molar-refractivity contribution in [3.05, 3.63) is 65.2 Å². The van der Waals surface area contributed by atoms with Gasteiger partial charge >= 0.3 is 12.3 Å². The number of hydrogen-bond donors (Lipinski definition) is 1. The van der Waals surface area contributed by atoms with E-state index in [1.165, 1.54) is 12.1 Å². The standard InChI is InChI=1S/C28H26F2N2O6/c1-15-9-10-22(31-23(15)16-7-6-8-17(11-16)24(33)38-26(2,3)4)32-25(34)27(5)14-35-19-13-21-20(12-18(19)27)36-28(29,30)37-21/h6-13H,14H2,1-5H3,(H,31,32,34)/t27-/m1/s1. The van der Waals surface area contributed by atoms with Crippen LogP contribution in [-0.4, -0.2) is 35.4 Å². The second-order valence-electron chi connectivity index (χ2n) is 10.5. The summed E-state index contributed by atoms with van der Waals surface area (Å²) in [6, 6.07) is 13.0. The summed E-state index contributed by atoms with van der Waals surface area (Å²) >= 11 is 0. The molecule has 38 heavy (non-hydrogen) atoms. The average molecular weight is 525 g/mol. The van der Waals surface area contributed by atoms with Gasteiger partial charge in [-0.2, -0.15) is 0 Å². The Morgan fingerprint density at radius 2 is 1.74 bits per heavy atom. The molecule has 0 fully saturated rings. The molecule has 3 heterocycles. The highest BCUT2D eigenvalue weighted by Gasteiger charge is 2.49. The van der Waals surface area contributed by atoms with Crippen molar-refractivity contribution in [1.82, 2.24) is 4.98 Å². The number of carbonyl (C=O) groups is 2. The SMILES string of the molecule is Cc1ccc(NC(=O)[C@]2(C)COc3cc4c(cc32)OC(F)(F)O4)nc1-c1cccc(C(=O)OC(C)(C)C)c1. The lowest BCUT2D eigenvalue weighted by molar-refractivity contribution is -0.286. The van der Waals surface area contributed by atoms with Gasteiger partial charge in [-0.05, 0) is 64.4 Å². The Bertz CT molecular complexity index is 1470. The Balaban J connectivity index is 1.40. The molecule has 1 N–H and O–H groups in total. The van der Waals surface area contributed by atoms with Gasteiger partial charge in [0.05, 0.1) is 11.3 Å². The number of ether oxygens (including phenoxy) is 4. The molecule has 198 valence electrons. The molecule has 0 bridgehead atoms. The summed E-state index contributed by atoms with van der Waals surface area (Å²) in [5.41, 5.74) is 1.03. The third kappa shape index (κ3) is 4.73. The van der Waals surface area contributed by atoms with E-state index in [-0.39, 0.29) is 29.7 Å². The first-order valence-electron chi connectivity index (χ1n) is 11.9. The Hall–Kier alpha value is -4.21. The van der Waals surface area contributed by atoms with E-state index < -0.39 is 29.2 Å². The van der Waals surface area contributed by atoms with Crippen molar-refractivity contribution >= 4 is 17.7 Å². The number of halogens is 2. The fraction of sp³-hybridized carbons (Fsp3) is 0.321. The highest BCUT2D eigenvalue weighted by atomic mass is 19.3. The number of aromatic nitrogens is 1. The van der Waals surface area contributed by atoms with Crippen LogP contribution >= 0.6 is 0 Å². The smallest absolute Gasteiger partial charge is 0.492 e. The van der Waals surface area contributed by atoms with Gasteiger partial charge in [0.1, 0.15) is 29.2 Å². The normalized spacial score (nSPS) is 18.9. The topological polar surface area (TPSA) is 96.0 Å². The molecule has 8 nitrogen and oxygen atoms in total. The van der Waals surface area contributed by atoms with Gasteiger partial charge in [-0.25, -0.2) is 9.78 Å². The van der Waals surface area contributed by atoms with Gasteiger partial charge in [0, 0.05) is 17.2 Å². The highest BCUT2D eigenvalue weighted by Crippen LogP contribution is 2.50. The molecule has 1 atom stereocenters. The number of nitrogens with zero attached hydrogens (tertiary/aromatic N) is 1. The van der Waals surface area contributed by atoms with Gasteiger partial charge in [0.15, 0.2) is 11.5 Å². The zero-order chi connectivity index (χ0) is 27.5. The second-order valence-corrected chi connectivity index (χ2v) is 10.5. The number of pyridine rings is 1.